The normalized spacial score (nSPS) is 17.0. The fourth-order valence-corrected chi connectivity index (χ4v) is 3.45. The molecule has 5 nitrogen and oxygen atoms in total. The molecule has 1 aromatic heterocycles. The first-order valence-electron chi connectivity index (χ1n) is 9.27. The van der Waals surface area contributed by atoms with E-state index in [4.69, 9.17) is 4.42 Å². The smallest absolute Gasteiger partial charge is 0.230 e. The molecule has 1 aliphatic rings. The minimum absolute atomic E-state index is 0.0475. The van der Waals surface area contributed by atoms with Gasteiger partial charge >= 0.3 is 0 Å². The fraction of sp³-hybridized carbons (Fsp3) is 0.550. The highest BCUT2D eigenvalue weighted by atomic mass is 16.4. The lowest BCUT2D eigenvalue weighted by atomic mass is 9.92. The number of carbonyl (C=O) groups excluding carboxylic acids is 1. The zero-order valence-electron chi connectivity index (χ0n) is 15.3. The molecule has 0 N–H and O–H groups in total. The first-order chi connectivity index (χ1) is 12.1. The first kappa shape index (κ1) is 17.6. The summed E-state index contributed by atoms with van der Waals surface area (Å²) in [5.41, 5.74) is 1.11. The van der Waals surface area contributed by atoms with Crippen LogP contribution >= 0.6 is 0 Å². The van der Waals surface area contributed by atoms with Gasteiger partial charge in [-0.25, -0.2) is 0 Å². The Morgan fingerprint density at radius 1 is 1.20 bits per heavy atom. The molecule has 25 heavy (non-hydrogen) atoms. The molecule has 1 saturated heterocycles. The summed E-state index contributed by atoms with van der Waals surface area (Å²) in [6.45, 7) is 7.69. The molecule has 1 fully saturated rings. The SMILES string of the molecule is CCC(C(=O)N1CCC(c2nnc(C(C)C)o2)CC1)c1ccccc1. The van der Waals surface area contributed by atoms with Crippen LogP contribution in [0.3, 0.4) is 0 Å². The second-order valence-corrected chi connectivity index (χ2v) is 7.10. The molecule has 1 amide bonds. The van der Waals surface area contributed by atoms with E-state index in [1.807, 2.05) is 49.1 Å². The molecule has 2 heterocycles. The highest BCUT2D eigenvalue weighted by Gasteiger charge is 2.30. The summed E-state index contributed by atoms with van der Waals surface area (Å²) in [6.07, 6.45) is 2.59. The van der Waals surface area contributed by atoms with E-state index >= 15 is 0 Å². The fourth-order valence-electron chi connectivity index (χ4n) is 3.45. The molecule has 0 spiro atoms. The second kappa shape index (κ2) is 7.81. The van der Waals surface area contributed by atoms with E-state index in [1.54, 1.807) is 0 Å². The van der Waals surface area contributed by atoms with E-state index in [1.165, 1.54) is 0 Å². The van der Waals surface area contributed by atoms with E-state index in [0.29, 0.717) is 5.89 Å². The molecule has 1 unspecified atom stereocenters. The maximum Gasteiger partial charge on any atom is 0.230 e. The van der Waals surface area contributed by atoms with Gasteiger partial charge in [0.15, 0.2) is 0 Å². The predicted octanol–water partition coefficient (Wildman–Crippen LogP) is 4.09. The van der Waals surface area contributed by atoms with Crippen molar-refractivity contribution < 1.29 is 9.21 Å². The number of nitrogens with zero attached hydrogens (tertiary/aromatic N) is 3. The van der Waals surface area contributed by atoms with Gasteiger partial charge in [0.25, 0.3) is 0 Å². The number of piperidine rings is 1. The van der Waals surface area contributed by atoms with Crippen molar-refractivity contribution in [2.24, 2.45) is 0 Å². The lowest BCUT2D eigenvalue weighted by Crippen LogP contribution is -2.40. The van der Waals surface area contributed by atoms with Gasteiger partial charge in [-0.1, -0.05) is 51.1 Å². The monoisotopic (exact) mass is 341 g/mol. The highest BCUT2D eigenvalue weighted by Crippen LogP contribution is 2.30. The zero-order valence-corrected chi connectivity index (χ0v) is 15.3. The van der Waals surface area contributed by atoms with Crippen LogP contribution in [0.25, 0.3) is 0 Å². The van der Waals surface area contributed by atoms with Crippen molar-refractivity contribution in [2.45, 2.75) is 57.8 Å². The van der Waals surface area contributed by atoms with E-state index in [-0.39, 0.29) is 23.7 Å². The van der Waals surface area contributed by atoms with E-state index in [9.17, 15) is 4.79 Å². The largest absolute Gasteiger partial charge is 0.425 e. The van der Waals surface area contributed by atoms with Gasteiger partial charge in [0.05, 0.1) is 5.92 Å². The Bertz CT molecular complexity index is 688. The molecule has 5 heteroatoms. The van der Waals surface area contributed by atoms with Crippen LogP contribution in [0, 0.1) is 0 Å². The molecule has 1 atom stereocenters. The van der Waals surface area contributed by atoms with Crippen LogP contribution in [-0.4, -0.2) is 34.1 Å². The molecule has 0 bridgehead atoms. The van der Waals surface area contributed by atoms with Crippen LogP contribution in [0.15, 0.2) is 34.7 Å². The average molecular weight is 341 g/mol. The van der Waals surface area contributed by atoms with Crippen molar-refractivity contribution in [3.8, 4) is 0 Å². The second-order valence-electron chi connectivity index (χ2n) is 7.10. The Balaban J connectivity index is 1.62. The summed E-state index contributed by atoms with van der Waals surface area (Å²) in [5.74, 6) is 2.13. The molecule has 0 aliphatic carbocycles. The quantitative estimate of drug-likeness (QED) is 0.822. The van der Waals surface area contributed by atoms with Crippen LogP contribution in [0.1, 0.15) is 75.1 Å². The number of aromatic nitrogens is 2. The number of amides is 1. The van der Waals surface area contributed by atoms with Gasteiger partial charge in [0.2, 0.25) is 17.7 Å². The zero-order chi connectivity index (χ0) is 17.8. The summed E-state index contributed by atoms with van der Waals surface area (Å²) >= 11 is 0. The third-order valence-electron chi connectivity index (χ3n) is 5.01. The van der Waals surface area contributed by atoms with Crippen LogP contribution in [0.5, 0.6) is 0 Å². The Kier molecular flexibility index (Phi) is 5.51. The third kappa shape index (κ3) is 3.91. The van der Waals surface area contributed by atoms with Crippen molar-refractivity contribution in [1.29, 1.82) is 0 Å². The van der Waals surface area contributed by atoms with E-state index in [2.05, 4.69) is 17.1 Å². The van der Waals surface area contributed by atoms with Crippen molar-refractivity contribution in [1.82, 2.24) is 15.1 Å². The lowest BCUT2D eigenvalue weighted by molar-refractivity contribution is -0.134. The Morgan fingerprint density at radius 2 is 1.88 bits per heavy atom. The maximum absolute atomic E-state index is 12.9. The van der Waals surface area contributed by atoms with E-state index in [0.717, 1.165) is 43.8 Å². The summed E-state index contributed by atoms with van der Waals surface area (Å²) < 4.78 is 5.79. The average Bonchev–Trinajstić information content (AvgIpc) is 3.14. The van der Waals surface area contributed by atoms with E-state index < -0.39 is 0 Å². The molecular weight excluding hydrogens is 314 g/mol. The van der Waals surface area contributed by atoms with Crippen LogP contribution in [0.4, 0.5) is 0 Å². The first-order valence-corrected chi connectivity index (χ1v) is 9.27. The Morgan fingerprint density at radius 3 is 2.44 bits per heavy atom. The molecule has 3 rings (SSSR count). The maximum atomic E-state index is 12.9. The Labute approximate surface area is 149 Å². The highest BCUT2D eigenvalue weighted by molar-refractivity contribution is 5.83. The van der Waals surface area contributed by atoms with Crippen LogP contribution in [-0.2, 0) is 4.79 Å². The number of carbonyl (C=O) groups is 1. The molecule has 134 valence electrons. The van der Waals surface area contributed by atoms with Gasteiger partial charge < -0.3 is 9.32 Å². The number of rotatable bonds is 5. The number of hydrogen-bond acceptors (Lipinski definition) is 4. The van der Waals surface area contributed by atoms with Crippen molar-refractivity contribution >= 4 is 5.91 Å². The molecule has 1 aromatic carbocycles. The molecule has 0 saturated carbocycles. The number of likely N-dealkylation sites (tertiary alicyclic amines) is 1. The summed E-state index contributed by atoms with van der Waals surface area (Å²) in [4.78, 5) is 14.9. The topological polar surface area (TPSA) is 59.2 Å². The predicted molar refractivity (Wildman–Crippen MR) is 96.4 cm³/mol. The summed E-state index contributed by atoms with van der Waals surface area (Å²) in [7, 11) is 0. The van der Waals surface area contributed by atoms with Gasteiger partial charge in [0.1, 0.15) is 0 Å². The number of hydrogen-bond donors (Lipinski definition) is 0. The number of benzene rings is 1. The minimum atomic E-state index is -0.0475. The van der Waals surface area contributed by atoms with Crippen LogP contribution < -0.4 is 0 Å². The van der Waals surface area contributed by atoms with Crippen molar-refractivity contribution in [2.75, 3.05) is 13.1 Å². The molecular formula is C20H27N3O2. The minimum Gasteiger partial charge on any atom is -0.425 e. The standard InChI is InChI=1S/C20H27N3O2/c1-4-17(15-8-6-5-7-9-15)20(24)23-12-10-16(11-13-23)19-22-21-18(25-19)14(2)3/h5-9,14,16-17H,4,10-13H2,1-3H3. The molecule has 2 aromatic rings. The third-order valence-corrected chi connectivity index (χ3v) is 5.01. The van der Waals surface area contributed by atoms with Gasteiger partial charge in [-0.05, 0) is 24.8 Å². The lowest BCUT2D eigenvalue weighted by Gasteiger charge is -2.33. The van der Waals surface area contributed by atoms with Crippen molar-refractivity contribution in [3.63, 3.8) is 0 Å². The van der Waals surface area contributed by atoms with Crippen LogP contribution in [0.2, 0.25) is 0 Å². The summed E-state index contributed by atoms with van der Waals surface area (Å²) in [5, 5.41) is 8.34. The van der Waals surface area contributed by atoms with Gasteiger partial charge in [-0.15, -0.1) is 10.2 Å². The van der Waals surface area contributed by atoms with Crippen molar-refractivity contribution in [3.05, 3.63) is 47.7 Å². The molecule has 0 radical (unpaired) electrons. The van der Waals surface area contributed by atoms with Gasteiger partial charge in [0, 0.05) is 24.9 Å². The van der Waals surface area contributed by atoms with Gasteiger partial charge in [-0.2, -0.15) is 0 Å². The Hall–Kier alpha value is -2.17. The molecule has 1 aliphatic heterocycles. The van der Waals surface area contributed by atoms with Gasteiger partial charge in [-0.3, -0.25) is 4.79 Å². The summed E-state index contributed by atoms with van der Waals surface area (Å²) in [6, 6.07) is 10.1.